The normalized spacial score (nSPS) is 12.9. The number of rotatable bonds is 6. The van der Waals surface area contributed by atoms with Gasteiger partial charge in [0.25, 0.3) is 0 Å². The molecule has 0 aliphatic carbocycles. The summed E-state index contributed by atoms with van der Waals surface area (Å²) in [5, 5.41) is 1.70. The van der Waals surface area contributed by atoms with E-state index < -0.39 is 12.8 Å². The number of fused-ring (bicyclic) bond motifs is 1. The van der Waals surface area contributed by atoms with Crippen molar-refractivity contribution in [1.29, 1.82) is 0 Å². The maximum atomic E-state index is 13.5. The van der Waals surface area contributed by atoms with Crippen molar-refractivity contribution in [3.63, 3.8) is 0 Å². The fourth-order valence-electron chi connectivity index (χ4n) is 3.17. The van der Waals surface area contributed by atoms with Crippen molar-refractivity contribution in [2.24, 2.45) is 5.73 Å². The van der Waals surface area contributed by atoms with Crippen LogP contribution in [0, 0.1) is 5.82 Å². The highest BCUT2D eigenvalue weighted by atomic mass is 19.4. The summed E-state index contributed by atoms with van der Waals surface area (Å²) in [7, 11) is 0. The van der Waals surface area contributed by atoms with Crippen LogP contribution < -0.4 is 10.5 Å². The minimum absolute atomic E-state index is 0.0583. The van der Waals surface area contributed by atoms with Crippen LogP contribution in [0.3, 0.4) is 0 Å². The Morgan fingerprint density at radius 2 is 1.74 bits per heavy atom. The lowest BCUT2D eigenvalue weighted by molar-refractivity contribution is -0.153. The first kappa shape index (κ1) is 19.2. The lowest BCUT2D eigenvalue weighted by Crippen LogP contribution is -2.19. The van der Waals surface area contributed by atoms with Crippen molar-refractivity contribution in [3.8, 4) is 5.75 Å². The molecule has 0 aliphatic rings. The summed E-state index contributed by atoms with van der Waals surface area (Å²) in [6.07, 6.45) is -3.84. The number of hydrogen-bond donors (Lipinski definition) is 1. The average molecular weight is 377 g/mol. The third-order valence-corrected chi connectivity index (χ3v) is 4.38. The van der Waals surface area contributed by atoms with Crippen LogP contribution in [0.4, 0.5) is 17.6 Å². The topological polar surface area (TPSA) is 35.2 Å². The molecule has 0 saturated carbocycles. The van der Waals surface area contributed by atoms with Crippen LogP contribution in [-0.2, 0) is 6.42 Å². The number of benzene rings is 3. The molecule has 1 unspecified atom stereocenters. The highest BCUT2D eigenvalue weighted by Gasteiger charge is 2.28. The third kappa shape index (κ3) is 4.98. The number of halogens is 4. The smallest absolute Gasteiger partial charge is 0.422 e. The summed E-state index contributed by atoms with van der Waals surface area (Å²) in [4.78, 5) is 0. The quantitative estimate of drug-likeness (QED) is 0.599. The van der Waals surface area contributed by atoms with E-state index in [1.165, 1.54) is 18.2 Å². The van der Waals surface area contributed by atoms with Gasteiger partial charge >= 0.3 is 6.18 Å². The Morgan fingerprint density at radius 3 is 2.48 bits per heavy atom. The molecule has 0 heterocycles. The van der Waals surface area contributed by atoms with Crippen LogP contribution in [0.25, 0.3) is 10.8 Å². The number of hydrogen-bond acceptors (Lipinski definition) is 2. The molecular weight excluding hydrogens is 358 g/mol. The Balaban J connectivity index is 1.84. The summed E-state index contributed by atoms with van der Waals surface area (Å²) in [6.45, 7) is -0.976. The van der Waals surface area contributed by atoms with Crippen molar-refractivity contribution < 1.29 is 22.3 Å². The standard InChI is InChI=1S/C21H19F4NO/c22-17-7-8-20-15(11-17)4-2-6-19(20)16(12-26)9-14-3-1-5-18(10-14)27-13-21(23,24)25/h1-8,10-11,16H,9,12-13,26H2. The molecule has 3 aromatic rings. The molecule has 0 aliphatic heterocycles. The van der Waals surface area contributed by atoms with Crippen LogP contribution >= 0.6 is 0 Å². The molecule has 6 heteroatoms. The minimum Gasteiger partial charge on any atom is -0.484 e. The summed E-state index contributed by atoms with van der Waals surface area (Å²) < 4.78 is 55.3. The zero-order valence-corrected chi connectivity index (χ0v) is 14.5. The lowest BCUT2D eigenvalue weighted by Gasteiger charge is -2.18. The van der Waals surface area contributed by atoms with Gasteiger partial charge in [0.2, 0.25) is 0 Å². The molecule has 27 heavy (non-hydrogen) atoms. The molecule has 2 N–H and O–H groups in total. The van der Waals surface area contributed by atoms with E-state index in [-0.39, 0.29) is 17.5 Å². The molecule has 0 bridgehead atoms. The van der Waals surface area contributed by atoms with E-state index in [0.717, 1.165) is 21.9 Å². The predicted molar refractivity (Wildman–Crippen MR) is 97.4 cm³/mol. The van der Waals surface area contributed by atoms with Crippen LogP contribution in [0.15, 0.2) is 60.7 Å². The first-order valence-corrected chi connectivity index (χ1v) is 8.52. The number of ether oxygens (including phenoxy) is 1. The fourth-order valence-corrected chi connectivity index (χ4v) is 3.17. The molecule has 0 fully saturated rings. The Bertz CT molecular complexity index is 923. The predicted octanol–water partition coefficient (Wildman–Crippen LogP) is 5.21. The van der Waals surface area contributed by atoms with Crippen molar-refractivity contribution in [3.05, 3.63) is 77.6 Å². The van der Waals surface area contributed by atoms with Gasteiger partial charge in [0.15, 0.2) is 6.61 Å². The van der Waals surface area contributed by atoms with E-state index in [0.29, 0.717) is 13.0 Å². The van der Waals surface area contributed by atoms with Crippen molar-refractivity contribution in [2.45, 2.75) is 18.5 Å². The van der Waals surface area contributed by atoms with Crippen molar-refractivity contribution in [1.82, 2.24) is 0 Å². The zero-order chi connectivity index (χ0) is 19.4. The number of alkyl halides is 3. The van der Waals surface area contributed by atoms with Crippen LogP contribution in [0.2, 0.25) is 0 Å². The Morgan fingerprint density at radius 1 is 0.963 bits per heavy atom. The van der Waals surface area contributed by atoms with Crippen LogP contribution in [-0.4, -0.2) is 19.3 Å². The lowest BCUT2D eigenvalue weighted by atomic mass is 9.88. The molecule has 1 atom stereocenters. The highest BCUT2D eigenvalue weighted by molar-refractivity contribution is 5.86. The van der Waals surface area contributed by atoms with Gasteiger partial charge in [-0.25, -0.2) is 4.39 Å². The molecule has 0 saturated heterocycles. The monoisotopic (exact) mass is 377 g/mol. The maximum absolute atomic E-state index is 13.5. The van der Waals surface area contributed by atoms with E-state index in [2.05, 4.69) is 0 Å². The zero-order valence-electron chi connectivity index (χ0n) is 14.5. The largest absolute Gasteiger partial charge is 0.484 e. The second kappa shape index (κ2) is 7.96. The fraction of sp³-hybridized carbons (Fsp3) is 0.238. The summed E-state index contributed by atoms with van der Waals surface area (Å²) in [6, 6.07) is 16.8. The van der Waals surface area contributed by atoms with Crippen LogP contribution in [0.5, 0.6) is 5.75 Å². The molecule has 0 amide bonds. The first-order valence-electron chi connectivity index (χ1n) is 8.52. The maximum Gasteiger partial charge on any atom is 0.422 e. The van der Waals surface area contributed by atoms with Gasteiger partial charge in [0, 0.05) is 5.92 Å². The second-order valence-electron chi connectivity index (χ2n) is 6.40. The van der Waals surface area contributed by atoms with Crippen LogP contribution in [0.1, 0.15) is 17.0 Å². The molecule has 0 aromatic heterocycles. The van der Waals surface area contributed by atoms with Gasteiger partial charge in [-0.3, -0.25) is 0 Å². The van der Waals surface area contributed by atoms with Gasteiger partial charge in [0.1, 0.15) is 11.6 Å². The molecule has 142 valence electrons. The van der Waals surface area contributed by atoms with E-state index in [1.807, 2.05) is 24.3 Å². The van der Waals surface area contributed by atoms with Crippen molar-refractivity contribution in [2.75, 3.05) is 13.2 Å². The van der Waals surface area contributed by atoms with E-state index in [4.69, 9.17) is 10.5 Å². The van der Waals surface area contributed by atoms with E-state index in [1.54, 1.807) is 18.2 Å². The Kier molecular flexibility index (Phi) is 5.65. The molecule has 0 radical (unpaired) electrons. The van der Waals surface area contributed by atoms with Gasteiger partial charge in [-0.05, 0) is 59.1 Å². The summed E-state index contributed by atoms with van der Waals surface area (Å²) in [5.41, 5.74) is 7.78. The average Bonchev–Trinajstić information content (AvgIpc) is 2.63. The summed E-state index contributed by atoms with van der Waals surface area (Å²) >= 11 is 0. The van der Waals surface area contributed by atoms with Gasteiger partial charge in [0.05, 0.1) is 0 Å². The Hall–Kier alpha value is -2.60. The third-order valence-electron chi connectivity index (χ3n) is 4.38. The van der Waals surface area contributed by atoms with Gasteiger partial charge in [-0.15, -0.1) is 0 Å². The highest BCUT2D eigenvalue weighted by Crippen LogP contribution is 2.29. The minimum atomic E-state index is -4.38. The molecule has 2 nitrogen and oxygen atoms in total. The van der Waals surface area contributed by atoms with Crippen molar-refractivity contribution >= 4 is 10.8 Å². The molecular formula is C21H19F4NO. The Labute approximate surface area is 154 Å². The van der Waals surface area contributed by atoms with Gasteiger partial charge in [-0.1, -0.05) is 36.4 Å². The first-order chi connectivity index (χ1) is 12.9. The van der Waals surface area contributed by atoms with E-state index in [9.17, 15) is 17.6 Å². The second-order valence-corrected chi connectivity index (χ2v) is 6.40. The summed E-state index contributed by atoms with van der Waals surface area (Å²) in [5.74, 6) is -0.198. The SMILES string of the molecule is NCC(Cc1cccc(OCC(F)(F)F)c1)c1cccc2cc(F)ccc12. The molecule has 3 rings (SSSR count). The number of nitrogens with two attached hydrogens (primary N) is 1. The van der Waals surface area contributed by atoms with Gasteiger partial charge in [-0.2, -0.15) is 13.2 Å². The molecule has 0 spiro atoms. The molecule has 3 aromatic carbocycles. The van der Waals surface area contributed by atoms with E-state index >= 15 is 0 Å². The van der Waals surface area contributed by atoms with Gasteiger partial charge < -0.3 is 10.5 Å².